The summed E-state index contributed by atoms with van der Waals surface area (Å²) in [7, 11) is 0. The second-order valence-corrected chi connectivity index (χ2v) is 3.79. The van der Waals surface area contributed by atoms with E-state index in [0.717, 1.165) is 31.7 Å². The van der Waals surface area contributed by atoms with Gasteiger partial charge in [0.25, 0.3) is 0 Å². The van der Waals surface area contributed by atoms with Crippen molar-refractivity contribution >= 4 is 5.69 Å². The number of benzene rings is 1. The molecule has 0 amide bonds. The molecule has 0 radical (unpaired) electrons. The largest absolute Gasteiger partial charge is 0.369 e. The SMILES string of the molecule is NCC#Cc1ccc(N2CCNCC2)cc1. The molecule has 1 aliphatic heterocycles. The fourth-order valence-corrected chi connectivity index (χ4v) is 1.83. The van der Waals surface area contributed by atoms with Crippen LogP contribution in [0.15, 0.2) is 24.3 Å². The number of piperazine rings is 1. The predicted molar refractivity (Wildman–Crippen MR) is 67.5 cm³/mol. The summed E-state index contributed by atoms with van der Waals surface area (Å²) in [6, 6.07) is 8.37. The zero-order valence-electron chi connectivity index (χ0n) is 9.37. The van der Waals surface area contributed by atoms with Gasteiger partial charge in [0, 0.05) is 37.4 Å². The third-order valence-corrected chi connectivity index (χ3v) is 2.68. The van der Waals surface area contributed by atoms with Gasteiger partial charge in [0.1, 0.15) is 0 Å². The van der Waals surface area contributed by atoms with E-state index < -0.39 is 0 Å². The Morgan fingerprint density at radius 2 is 1.88 bits per heavy atom. The minimum Gasteiger partial charge on any atom is -0.369 e. The number of nitrogens with zero attached hydrogens (tertiary/aromatic N) is 1. The molecule has 1 heterocycles. The van der Waals surface area contributed by atoms with Crippen LogP contribution in [-0.2, 0) is 0 Å². The standard InChI is InChI=1S/C13H17N3/c14-7-1-2-12-3-5-13(6-4-12)16-10-8-15-9-11-16/h3-6,15H,7-11,14H2. The lowest BCUT2D eigenvalue weighted by Gasteiger charge is -2.29. The quantitative estimate of drug-likeness (QED) is 0.667. The molecule has 84 valence electrons. The van der Waals surface area contributed by atoms with Crippen LogP contribution in [0, 0.1) is 11.8 Å². The maximum Gasteiger partial charge on any atom is 0.0555 e. The van der Waals surface area contributed by atoms with E-state index in [9.17, 15) is 0 Å². The van der Waals surface area contributed by atoms with Crippen molar-refractivity contribution in [2.45, 2.75) is 0 Å². The minimum atomic E-state index is 0.416. The monoisotopic (exact) mass is 215 g/mol. The molecular weight excluding hydrogens is 198 g/mol. The van der Waals surface area contributed by atoms with Crippen LogP contribution < -0.4 is 16.0 Å². The summed E-state index contributed by atoms with van der Waals surface area (Å²) in [6.45, 7) is 4.70. The summed E-state index contributed by atoms with van der Waals surface area (Å²) in [5.74, 6) is 5.89. The molecule has 2 rings (SSSR count). The molecule has 0 spiro atoms. The Kier molecular flexibility index (Phi) is 3.81. The third kappa shape index (κ3) is 2.75. The van der Waals surface area contributed by atoms with Crippen LogP contribution in [0.3, 0.4) is 0 Å². The Hall–Kier alpha value is -1.50. The molecule has 0 bridgehead atoms. The van der Waals surface area contributed by atoms with Crippen molar-refractivity contribution in [3.05, 3.63) is 29.8 Å². The van der Waals surface area contributed by atoms with Crippen LogP contribution >= 0.6 is 0 Å². The summed E-state index contributed by atoms with van der Waals surface area (Å²) in [6.07, 6.45) is 0. The minimum absolute atomic E-state index is 0.416. The molecule has 0 atom stereocenters. The Labute approximate surface area is 96.6 Å². The zero-order valence-corrected chi connectivity index (χ0v) is 9.37. The Bertz CT molecular complexity index is 380. The van der Waals surface area contributed by atoms with Crippen LogP contribution in [0.5, 0.6) is 0 Å². The molecule has 16 heavy (non-hydrogen) atoms. The first-order chi connectivity index (χ1) is 7.90. The van der Waals surface area contributed by atoms with E-state index in [4.69, 9.17) is 5.73 Å². The zero-order chi connectivity index (χ0) is 11.2. The van der Waals surface area contributed by atoms with Gasteiger partial charge in [-0.15, -0.1) is 0 Å². The van der Waals surface area contributed by atoms with Crippen molar-refractivity contribution in [3.8, 4) is 11.8 Å². The van der Waals surface area contributed by atoms with E-state index in [1.165, 1.54) is 5.69 Å². The topological polar surface area (TPSA) is 41.3 Å². The van der Waals surface area contributed by atoms with Crippen molar-refractivity contribution in [2.24, 2.45) is 5.73 Å². The van der Waals surface area contributed by atoms with Crippen molar-refractivity contribution < 1.29 is 0 Å². The van der Waals surface area contributed by atoms with E-state index in [-0.39, 0.29) is 0 Å². The molecule has 1 aromatic carbocycles. The number of hydrogen-bond acceptors (Lipinski definition) is 3. The molecule has 1 aromatic rings. The molecule has 3 nitrogen and oxygen atoms in total. The van der Waals surface area contributed by atoms with Gasteiger partial charge >= 0.3 is 0 Å². The molecule has 1 saturated heterocycles. The molecule has 0 saturated carbocycles. The summed E-state index contributed by atoms with van der Waals surface area (Å²) in [5.41, 5.74) is 7.64. The first kappa shape index (κ1) is 11.0. The number of nitrogens with two attached hydrogens (primary N) is 1. The fourth-order valence-electron chi connectivity index (χ4n) is 1.83. The lowest BCUT2D eigenvalue weighted by Crippen LogP contribution is -2.43. The van der Waals surface area contributed by atoms with Crippen LogP contribution in [0.2, 0.25) is 0 Å². The second-order valence-electron chi connectivity index (χ2n) is 3.79. The van der Waals surface area contributed by atoms with Gasteiger partial charge in [0.15, 0.2) is 0 Å². The van der Waals surface area contributed by atoms with Gasteiger partial charge in [-0.25, -0.2) is 0 Å². The van der Waals surface area contributed by atoms with Crippen molar-refractivity contribution in [1.29, 1.82) is 0 Å². The van der Waals surface area contributed by atoms with Crippen LogP contribution in [0.25, 0.3) is 0 Å². The van der Waals surface area contributed by atoms with Gasteiger partial charge in [0.2, 0.25) is 0 Å². The van der Waals surface area contributed by atoms with E-state index in [1.807, 2.05) is 0 Å². The molecule has 3 N–H and O–H groups in total. The Balaban J connectivity index is 2.06. The van der Waals surface area contributed by atoms with Gasteiger partial charge in [-0.1, -0.05) is 11.8 Å². The molecule has 1 aliphatic rings. The lowest BCUT2D eigenvalue weighted by atomic mass is 10.2. The fraction of sp³-hybridized carbons (Fsp3) is 0.385. The van der Waals surface area contributed by atoms with Crippen molar-refractivity contribution in [3.63, 3.8) is 0 Å². The van der Waals surface area contributed by atoms with E-state index in [0.29, 0.717) is 6.54 Å². The molecule has 3 heteroatoms. The third-order valence-electron chi connectivity index (χ3n) is 2.68. The smallest absolute Gasteiger partial charge is 0.0555 e. The van der Waals surface area contributed by atoms with Gasteiger partial charge in [-0.05, 0) is 24.3 Å². The van der Waals surface area contributed by atoms with Crippen molar-refractivity contribution in [2.75, 3.05) is 37.6 Å². The first-order valence-corrected chi connectivity index (χ1v) is 5.65. The Morgan fingerprint density at radius 3 is 2.50 bits per heavy atom. The van der Waals surface area contributed by atoms with E-state index in [1.54, 1.807) is 0 Å². The van der Waals surface area contributed by atoms with Crippen LogP contribution in [-0.4, -0.2) is 32.7 Å². The van der Waals surface area contributed by atoms with Crippen LogP contribution in [0.4, 0.5) is 5.69 Å². The highest BCUT2D eigenvalue weighted by molar-refractivity contribution is 5.50. The van der Waals surface area contributed by atoms with Gasteiger partial charge in [-0.2, -0.15) is 0 Å². The molecular formula is C13H17N3. The summed E-state index contributed by atoms with van der Waals surface area (Å²) in [5, 5.41) is 3.35. The number of rotatable bonds is 1. The highest BCUT2D eigenvalue weighted by Crippen LogP contribution is 2.15. The lowest BCUT2D eigenvalue weighted by molar-refractivity contribution is 0.589. The number of nitrogens with one attached hydrogen (secondary N) is 1. The number of hydrogen-bond donors (Lipinski definition) is 2. The van der Waals surface area contributed by atoms with Crippen LogP contribution in [0.1, 0.15) is 5.56 Å². The molecule has 0 aromatic heterocycles. The predicted octanol–water partition coefficient (Wildman–Crippen LogP) is 0.406. The normalized spacial score (nSPS) is 15.4. The van der Waals surface area contributed by atoms with Gasteiger partial charge in [-0.3, -0.25) is 0 Å². The number of anilines is 1. The first-order valence-electron chi connectivity index (χ1n) is 5.65. The summed E-state index contributed by atoms with van der Waals surface area (Å²) < 4.78 is 0. The van der Waals surface area contributed by atoms with Gasteiger partial charge in [0.05, 0.1) is 6.54 Å². The maximum absolute atomic E-state index is 5.33. The van der Waals surface area contributed by atoms with Crippen molar-refractivity contribution in [1.82, 2.24) is 5.32 Å². The van der Waals surface area contributed by atoms with E-state index >= 15 is 0 Å². The average molecular weight is 215 g/mol. The highest BCUT2D eigenvalue weighted by Gasteiger charge is 2.09. The molecule has 0 unspecified atom stereocenters. The average Bonchev–Trinajstić information content (AvgIpc) is 2.38. The summed E-state index contributed by atoms with van der Waals surface area (Å²) in [4.78, 5) is 2.39. The summed E-state index contributed by atoms with van der Waals surface area (Å²) >= 11 is 0. The highest BCUT2D eigenvalue weighted by atomic mass is 15.2. The molecule has 1 fully saturated rings. The van der Waals surface area contributed by atoms with E-state index in [2.05, 4.69) is 46.3 Å². The maximum atomic E-state index is 5.33. The Morgan fingerprint density at radius 1 is 1.19 bits per heavy atom. The molecule has 0 aliphatic carbocycles. The van der Waals surface area contributed by atoms with Gasteiger partial charge < -0.3 is 16.0 Å². The second kappa shape index (κ2) is 5.55.